The molecule has 0 saturated heterocycles. The third-order valence-corrected chi connectivity index (χ3v) is 3.55. The molecular formula is C21H27NO4. The molecule has 0 saturated carbocycles. The van der Waals surface area contributed by atoms with Gasteiger partial charge in [-0.1, -0.05) is 36.4 Å². The molecule has 0 unspecified atom stereocenters. The third kappa shape index (κ3) is 6.67. The lowest BCUT2D eigenvalue weighted by atomic mass is 10.1. The second kappa shape index (κ2) is 9.13. The average Bonchev–Trinajstić information content (AvgIpc) is 2.59. The van der Waals surface area contributed by atoms with Gasteiger partial charge in [0, 0.05) is 6.54 Å². The lowest BCUT2D eigenvalue weighted by Gasteiger charge is -2.19. The number of amides is 1. The molecule has 1 amide bonds. The zero-order valence-corrected chi connectivity index (χ0v) is 15.9. The molecule has 0 bridgehead atoms. The van der Waals surface area contributed by atoms with E-state index in [1.807, 2.05) is 69.3 Å². The normalized spacial score (nSPS) is 10.9. The van der Waals surface area contributed by atoms with E-state index >= 15 is 0 Å². The Morgan fingerprint density at radius 1 is 1.00 bits per heavy atom. The molecule has 5 nitrogen and oxygen atoms in total. The second-order valence-electron chi connectivity index (χ2n) is 6.94. The summed E-state index contributed by atoms with van der Waals surface area (Å²) in [4.78, 5) is 11.7. The number of nitrogens with one attached hydrogen (secondary N) is 1. The molecule has 2 rings (SSSR count). The highest BCUT2D eigenvalue weighted by Crippen LogP contribution is 2.29. The first-order valence-electron chi connectivity index (χ1n) is 8.68. The summed E-state index contributed by atoms with van der Waals surface area (Å²) in [7, 11) is 1.62. The smallest absolute Gasteiger partial charge is 0.407 e. The number of methoxy groups -OCH3 is 1. The molecule has 0 atom stereocenters. The maximum atomic E-state index is 11.7. The molecule has 26 heavy (non-hydrogen) atoms. The lowest BCUT2D eigenvalue weighted by Crippen LogP contribution is -2.33. The Hall–Kier alpha value is -2.69. The van der Waals surface area contributed by atoms with Crippen molar-refractivity contribution >= 4 is 6.09 Å². The number of rotatable bonds is 7. The summed E-state index contributed by atoms with van der Waals surface area (Å²) in [6.07, 6.45) is 0.261. The third-order valence-electron chi connectivity index (χ3n) is 3.55. The van der Waals surface area contributed by atoms with E-state index in [-0.39, 0.29) is 0 Å². The van der Waals surface area contributed by atoms with Crippen LogP contribution in [0.2, 0.25) is 0 Å². The number of benzene rings is 2. The van der Waals surface area contributed by atoms with Crippen LogP contribution in [0.5, 0.6) is 11.5 Å². The Morgan fingerprint density at radius 2 is 1.73 bits per heavy atom. The fourth-order valence-corrected chi connectivity index (χ4v) is 2.35. The minimum absolute atomic E-state index is 0.411. The molecule has 2 aromatic rings. The summed E-state index contributed by atoms with van der Waals surface area (Å²) in [6, 6.07) is 15.8. The van der Waals surface area contributed by atoms with E-state index in [0.717, 1.165) is 11.1 Å². The van der Waals surface area contributed by atoms with E-state index in [1.54, 1.807) is 7.11 Å². The Morgan fingerprint density at radius 3 is 2.38 bits per heavy atom. The zero-order chi connectivity index (χ0) is 19.0. The molecule has 0 aliphatic rings. The predicted octanol–water partition coefficient (Wildman–Crippen LogP) is 4.34. The minimum Gasteiger partial charge on any atom is -0.493 e. The number of carbonyl (C=O) groups excluding carboxylic acids is 1. The Balaban J connectivity index is 1.92. The van der Waals surface area contributed by atoms with Gasteiger partial charge in [0.05, 0.1) is 7.11 Å². The Bertz CT molecular complexity index is 708. The van der Waals surface area contributed by atoms with Crippen molar-refractivity contribution in [1.29, 1.82) is 0 Å². The van der Waals surface area contributed by atoms with Crippen LogP contribution in [0.15, 0.2) is 48.5 Å². The SMILES string of the molecule is COc1ccc(CCNC(=O)OC(C)(C)C)cc1OCc1ccccc1. The molecule has 0 aromatic heterocycles. The summed E-state index contributed by atoms with van der Waals surface area (Å²) in [5.74, 6) is 1.37. The largest absolute Gasteiger partial charge is 0.493 e. The Kier molecular flexibility index (Phi) is 6.89. The van der Waals surface area contributed by atoms with Crippen LogP contribution in [0, 0.1) is 0 Å². The van der Waals surface area contributed by atoms with Gasteiger partial charge >= 0.3 is 6.09 Å². The van der Waals surface area contributed by atoms with Gasteiger partial charge in [0.25, 0.3) is 0 Å². The van der Waals surface area contributed by atoms with Crippen LogP contribution in [0.1, 0.15) is 31.9 Å². The van der Waals surface area contributed by atoms with E-state index in [1.165, 1.54) is 0 Å². The van der Waals surface area contributed by atoms with Crippen molar-refractivity contribution in [3.8, 4) is 11.5 Å². The fourth-order valence-electron chi connectivity index (χ4n) is 2.35. The van der Waals surface area contributed by atoms with E-state index in [2.05, 4.69) is 5.32 Å². The lowest BCUT2D eigenvalue weighted by molar-refractivity contribution is 0.0528. The molecule has 5 heteroatoms. The summed E-state index contributed by atoms with van der Waals surface area (Å²) in [6.45, 7) is 6.47. The average molecular weight is 357 g/mol. The molecule has 2 aromatic carbocycles. The fraction of sp³-hybridized carbons (Fsp3) is 0.381. The first-order chi connectivity index (χ1) is 12.4. The first-order valence-corrected chi connectivity index (χ1v) is 8.68. The van der Waals surface area contributed by atoms with Gasteiger partial charge in [-0.05, 0) is 50.5 Å². The van der Waals surface area contributed by atoms with Crippen molar-refractivity contribution in [2.75, 3.05) is 13.7 Å². The van der Waals surface area contributed by atoms with Crippen LogP contribution >= 0.6 is 0 Å². The highest BCUT2D eigenvalue weighted by atomic mass is 16.6. The molecule has 0 radical (unpaired) electrons. The molecule has 0 heterocycles. The van der Waals surface area contributed by atoms with E-state index < -0.39 is 11.7 Å². The van der Waals surface area contributed by atoms with Crippen LogP contribution < -0.4 is 14.8 Å². The van der Waals surface area contributed by atoms with Gasteiger partial charge in [-0.2, -0.15) is 0 Å². The predicted molar refractivity (Wildman–Crippen MR) is 102 cm³/mol. The molecule has 140 valence electrons. The molecule has 0 fully saturated rings. The van der Waals surface area contributed by atoms with E-state index in [4.69, 9.17) is 14.2 Å². The van der Waals surface area contributed by atoms with Gasteiger partial charge in [0.1, 0.15) is 12.2 Å². The zero-order valence-electron chi connectivity index (χ0n) is 15.9. The van der Waals surface area contributed by atoms with Crippen LogP contribution in [-0.4, -0.2) is 25.3 Å². The number of ether oxygens (including phenoxy) is 3. The number of hydrogen-bond donors (Lipinski definition) is 1. The number of alkyl carbamates (subject to hydrolysis) is 1. The Labute approximate surface area is 155 Å². The van der Waals surface area contributed by atoms with Crippen molar-refractivity contribution in [2.24, 2.45) is 0 Å². The number of hydrogen-bond acceptors (Lipinski definition) is 4. The summed E-state index contributed by atoms with van der Waals surface area (Å²) in [5.41, 5.74) is 1.64. The molecule has 1 N–H and O–H groups in total. The van der Waals surface area contributed by atoms with Crippen molar-refractivity contribution in [2.45, 2.75) is 39.4 Å². The van der Waals surface area contributed by atoms with Gasteiger partial charge in [0.15, 0.2) is 11.5 Å². The molecule has 0 spiro atoms. The first kappa shape index (κ1) is 19.6. The van der Waals surface area contributed by atoms with Gasteiger partial charge in [-0.25, -0.2) is 4.79 Å². The summed E-state index contributed by atoms with van der Waals surface area (Å²) < 4.78 is 16.5. The van der Waals surface area contributed by atoms with E-state index in [0.29, 0.717) is 31.1 Å². The standard InChI is InChI=1S/C21H27NO4/c1-21(2,3)26-20(23)22-13-12-16-10-11-18(24-4)19(14-16)25-15-17-8-6-5-7-9-17/h5-11,14H,12-13,15H2,1-4H3,(H,22,23). The molecular weight excluding hydrogens is 330 g/mol. The minimum atomic E-state index is -0.497. The topological polar surface area (TPSA) is 56.8 Å². The van der Waals surface area contributed by atoms with Gasteiger partial charge in [-0.3, -0.25) is 0 Å². The summed E-state index contributed by atoms with van der Waals surface area (Å²) >= 11 is 0. The van der Waals surface area contributed by atoms with Crippen molar-refractivity contribution in [3.63, 3.8) is 0 Å². The van der Waals surface area contributed by atoms with E-state index in [9.17, 15) is 4.79 Å². The maximum Gasteiger partial charge on any atom is 0.407 e. The van der Waals surface area contributed by atoms with Crippen LogP contribution in [-0.2, 0) is 17.8 Å². The quantitative estimate of drug-likeness (QED) is 0.801. The van der Waals surface area contributed by atoms with Gasteiger partial charge < -0.3 is 19.5 Å². The van der Waals surface area contributed by atoms with Gasteiger partial charge in [-0.15, -0.1) is 0 Å². The van der Waals surface area contributed by atoms with Crippen molar-refractivity contribution < 1.29 is 19.0 Å². The van der Waals surface area contributed by atoms with Crippen LogP contribution in [0.3, 0.4) is 0 Å². The highest BCUT2D eigenvalue weighted by molar-refractivity contribution is 5.67. The second-order valence-corrected chi connectivity index (χ2v) is 6.94. The van der Waals surface area contributed by atoms with Gasteiger partial charge in [0.2, 0.25) is 0 Å². The van der Waals surface area contributed by atoms with Crippen LogP contribution in [0.4, 0.5) is 4.79 Å². The van der Waals surface area contributed by atoms with Crippen molar-refractivity contribution in [3.05, 3.63) is 59.7 Å². The molecule has 0 aliphatic carbocycles. The number of carbonyl (C=O) groups is 1. The summed E-state index contributed by atoms with van der Waals surface area (Å²) in [5, 5.41) is 2.76. The van der Waals surface area contributed by atoms with Crippen LogP contribution in [0.25, 0.3) is 0 Å². The molecule has 0 aliphatic heterocycles. The highest BCUT2D eigenvalue weighted by Gasteiger charge is 2.15. The monoisotopic (exact) mass is 357 g/mol. The maximum absolute atomic E-state index is 11.7. The van der Waals surface area contributed by atoms with Crippen molar-refractivity contribution in [1.82, 2.24) is 5.32 Å².